The number of hydrogen-bond acceptors (Lipinski definition) is 6. The first-order valence-corrected chi connectivity index (χ1v) is 4.76. The van der Waals surface area contributed by atoms with E-state index in [4.69, 9.17) is 5.73 Å². The predicted molar refractivity (Wildman–Crippen MR) is 55.8 cm³/mol. The van der Waals surface area contributed by atoms with E-state index in [0.29, 0.717) is 29.9 Å². The van der Waals surface area contributed by atoms with Gasteiger partial charge >= 0.3 is 0 Å². The number of aromatic nitrogens is 2. The molecule has 0 aliphatic heterocycles. The molecule has 6 heteroatoms. The Bertz CT molecular complexity index is 496. The van der Waals surface area contributed by atoms with Gasteiger partial charge in [0.15, 0.2) is 11.5 Å². The highest BCUT2D eigenvalue weighted by Crippen LogP contribution is 2.30. The molecular formula is C10H11N3O3. The van der Waals surface area contributed by atoms with Gasteiger partial charge in [-0.1, -0.05) is 5.16 Å². The van der Waals surface area contributed by atoms with Crippen molar-refractivity contribution in [3.05, 3.63) is 23.9 Å². The lowest BCUT2D eigenvalue weighted by Crippen LogP contribution is -2.03. The highest BCUT2D eigenvalue weighted by molar-refractivity contribution is 5.64. The van der Waals surface area contributed by atoms with Crippen molar-refractivity contribution in [3.63, 3.8) is 0 Å². The van der Waals surface area contributed by atoms with Crippen molar-refractivity contribution in [2.75, 3.05) is 6.54 Å². The number of nitrogens with two attached hydrogens (primary N) is 1. The first kappa shape index (κ1) is 10.4. The number of hydrogen-bond donors (Lipinski definition) is 3. The average molecular weight is 221 g/mol. The van der Waals surface area contributed by atoms with E-state index in [1.165, 1.54) is 12.1 Å². The highest BCUT2D eigenvalue weighted by Gasteiger charge is 2.13. The van der Waals surface area contributed by atoms with Gasteiger partial charge in [-0.05, 0) is 29.9 Å². The molecule has 0 atom stereocenters. The second kappa shape index (κ2) is 4.19. The van der Waals surface area contributed by atoms with E-state index in [-0.39, 0.29) is 11.5 Å². The van der Waals surface area contributed by atoms with Crippen LogP contribution >= 0.6 is 0 Å². The van der Waals surface area contributed by atoms with E-state index in [1.807, 2.05) is 0 Å². The van der Waals surface area contributed by atoms with Gasteiger partial charge in [-0.2, -0.15) is 0 Å². The lowest BCUT2D eigenvalue weighted by molar-refractivity contribution is 0.304. The third-order valence-corrected chi connectivity index (χ3v) is 2.19. The van der Waals surface area contributed by atoms with E-state index in [9.17, 15) is 10.2 Å². The summed E-state index contributed by atoms with van der Waals surface area (Å²) in [5.74, 6) is -0.389. The SMILES string of the molecule is NCCc1nonc1-c1ccc(O)c(O)c1. The maximum Gasteiger partial charge on any atom is 0.158 e. The Kier molecular flexibility index (Phi) is 2.74. The summed E-state index contributed by atoms with van der Waals surface area (Å²) in [6, 6.07) is 4.40. The Morgan fingerprint density at radius 2 is 2.00 bits per heavy atom. The van der Waals surface area contributed by atoms with Crippen molar-refractivity contribution in [2.45, 2.75) is 6.42 Å². The van der Waals surface area contributed by atoms with Gasteiger partial charge in [0.2, 0.25) is 0 Å². The third-order valence-electron chi connectivity index (χ3n) is 2.19. The molecule has 0 amide bonds. The molecule has 1 aromatic carbocycles. The molecule has 0 radical (unpaired) electrons. The number of aromatic hydroxyl groups is 2. The fourth-order valence-electron chi connectivity index (χ4n) is 1.40. The van der Waals surface area contributed by atoms with Crippen LogP contribution in [0.25, 0.3) is 11.3 Å². The van der Waals surface area contributed by atoms with Crippen molar-refractivity contribution < 1.29 is 14.8 Å². The molecule has 1 aromatic heterocycles. The normalized spacial score (nSPS) is 10.6. The quantitative estimate of drug-likeness (QED) is 0.657. The van der Waals surface area contributed by atoms with Gasteiger partial charge in [0.1, 0.15) is 11.4 Å². The molecule has 84 valence electrons. The van der Waals surface area contributed by atoms with Gasteiger partial charge < -0.3 is 15.9 Å². The van der Waals surface area contributed by atoms with E-state index in [2.05, 4.69) is 14.9 Å². The minimum absolute atomic E-state index is 0.180. The zero-order chi connectivity index (χ0) is 11.5. The van der Waals surface area contributed by atoms with Gasteiger partial charge in [-0.25, -0.2) is 4.63 Å². The zero-order valence-electron chi connectivity index (χ0n) is 8.42. The van der Waals surface area contributed by atoms with Crippen LogP contribution in [-0.4, -0.2) is 27.1 Å². The number of rotatable bonds is 3. The molecule has 4 N–H and O–H groups in total. The molecule has 0 aliphatic rings. The molecule has 0 saturated carbocycles. The van der Waals surface area contributed by atoms with Crippen LogP contribution in [0.3, 0.4) is 0 Å². The third kappa shape index (κ3) is 1.82. The summed E-state index contributed by atoms with van der Waals surface area (Å²) < 4.78 is 4.62. The van der Waals surface area contributed by atoms with E-state index >= 15 is 0 Å². The van der Waals surface area contributed by atoms with E-state index < -0.39 is 0 Å². The molecule has 1 heterocycles. The Hall–Kier alpha value is -2.08. The summed E-state index contributed by atoms with van der Waals surface area (Å²) in [7, 11) is 0. The summed E-state index contributed by atoms with van der Waals surface area (Å²) in [5.41, 5.74) is 7.21. The van der Waals surface area contributed by atoms with Crippen molar-refractivity contribution in [3.8, 4) is 22.8 Å². The molecule has 0 fully saturated rings. The van der Waals surface area contributed by atoms with E-state index in [1.54, 1.807) is 6.07 Å². The van der Waals surface area contributed by atoms with Crippen molar-refractivity contribution in [1.82, 2.24) is 10.3 Å². The van der Waals surface area contributed by atoms with Gasteiger partial charge in [0, 0.05) is 12.0 Å². The number of phenolic OH excluding ortho intramolecular Hbond substituents is 2. The number of benzene rings is 1. The van der Waals surface area contributed by atoms with Crippen LogP contribution in [0.1, 0.15) is 5.69 Å². The van der Waals surface area contributed by atoms with Crippen LogP contribution in [0.15, 0.2) is 22.8 Å². The Labute approximate surface area is 91.3 Å². The summed E-state index contributed by atoms with van der Waals surface area (Å²) >= 11 is 0. The maximum atomic E-state index is 9.37. The zero-order valence-corrected chi connectivity index (χ0v) is 8.42. The second-order valence-electron chi connectivity index (χ2n) is 3.30. The standard InChI is InChI=1S/C10H11N3O3/c11-4-3-7-10(13-16-12-7)6-1-2-8(14)9(15)5-6/h1-2,5,14-15H,3-4,11H2. The van der Waals surface area contributed by atoms with Gasteiger partial charge in [0.05, 0.1) is 0 Å². The van der Waals surface area contributed by atoms with Crippen LogP contribution in [0, 0.1) is 0 Å². The molecule has 0 bridgehead atoms. The van der Waals surface area contributed by atoms with Crippen LogP contribution in [0.5, 0.6) is 11.5 Å². The molecule has 0 saturated heterocycles. The van der Waals surface area contributed by atoms with Crippen molar-refractivity contribution in [1.29, 1.82) is 0 Å². The Balaban J connectivity index is 2.42. The Morgan fingerprint density at radius 1 is 1.19 bits per heavy atom. The maximum absolute atomic E-state index is 9.37. The topological polar surface area (TPSA) is 105 Å². The molecule has 0 aliphatic carbocycles. The minimum atomic E-state index is -0.209. The van der Waals surface area contributed by atoms with E-state index in [0.717, 1.165) is 0 Å². The Morgan fingerprint density at radius 3 is 2.69 bits per heavy atom. The molecule has 2 rings (SSSR count). The molecule has 0 unspecified atom stereocenters. The summed E-state index contributed by atoms with van der Waals surface area (Å²) in [4.78, 5) is 0. The smallest absolute Gasteiger partial charge is 0.158 e. The summed E-state index contributed by atoms with van der Waals surface area (Å²) in [6.45, 7) is 0.436. The average Bonchev–Trinajstić information content (AvgIpc) is 2.71. The first-order valence-electron chi connectivity index (χ1n) is 4.76. The molecule has 0 spiro atoms. The van der Waals surface area contributed by atoms with Crippen LogP contribution in [0.2, 0.25) is 0 Å². The summed E-state index contributed by atoms with van der Waals surface area (Å²) in [5, 5.41) is 26.0. The van der Waals surface area contributed by atoms with Gasteiger partial charge in [-0.3, -0.25) is 0 Å². The highest BCUT2D eigenvalue weighted by atomic mass is 16.6. The fourth-order valence-corrected chi connectivity index (χ4v) is 1.40. The fraction of sp³-hybridized carbons (Fsp3) is 0.200. The number of nitrogens with zero attached hydrogens (tertiary/aromatic N) is 2. The largest absolute Gasteiger partial charge is 0.504 e. The lowest BCUT2D eigenvalue weighted by Gasteiger charge is -2.01. The predicted octanol–water partition coefficient (Wildman–Crippen LogP) is 0.649. The van der Waals surface area contributed by atoms with Gasteiger partial charge in [-0.15, -0.1) is 0 Å². The summed E-state index contributed by atoms with van der Waals surface area (Å²) in [6.07, 6.45) is 0.542. The first-order chi connectivity index (χ1) is 7.72. The second-order valence-corrected chi connectivity index (χ2v) is 3.30. The molecule has 6 nitrogen and oxygen atoms in total. The van der Waals surface area contributed by atoms with Crippen molar-refractivity contribution >= 4 is 0 Å². The van der Waals surface area contributed by atoms with Crippen molar-refractivity contribution in [2.24, 2.45) is 5.73 Å². The molecule has 16 heavy (non-hydrogen) atoms. The van der Waals surface area contributed by atoms with Crippen LogP contribution in [-0.2, 0) is 6.42 Å². The monoisotopic (exact) mass is 221 g/mol. The molecule has 2 aromatic rings. The van der Waals surface area contributed by atoms with Gasteiger partial charge in [0.25, 0.3) is 0 Å². The minimum Gasteiger partial charge on any atom is -0.504 e. The van der Waals surface area contributed by atoms with Crippen LogP contribution in [0.4, 0.5) is 0 Å². The number of phenols is 2. The molecular weight excluding hydrogens is 210 g/mol. The van der Waals surface area contributed by atoms with Crippen LogP contribution < -0.4 is 5.73 Å². The lowest BCUT2D eigenvalue weighted by atomic mass is 10.1.